The summed E-state index contributed by atoms with van der Waals surface area (Å²) >= 11 is 0. The lowest BCUT2D eigenvalue weighted by Crippen LogP contribution is -2.32. The molecule has 0 unspecified atom stereocenters. The molecule has 23 heavy (non-hydrogen) atoms. The van der Waals surface area contributed by atoms with Crippen molar-refractivity contribution in [2.45, 2.75) is 20.5 Å². The lowest BCUT2D eigenvalue weighted by atomic mass is 10.1. The molecule has 2 aromatic carbocycles. The maximum Gasteiger partial charge on any atom is 0.254 e. The van der Waals surface area contributed by atoms with E-state index in [1.165, 1.54) is 0 Å². The van der Waals surface area contributed by atoms with Crippen molar-refractivity contribution in [2.24, 2.45) is 0 Å². The number of rotatable bonds is 7. The molecule has 0 heterocycles. The first-order valence-electron chi connectivity index (χ1n) is 7.80. The summed E-state index contributed by atoms with van der Waals surface area (Å²) in [7, 11) is 0. The van der Waals surface area contributed by atoms with Gasteiger partial charge in [-0.25, -0.2) is 0 Å². The van der Waals surface area contributed by atoms with Crippen molar-refractivity contribution in [1.82, 2.24) is 4.90 Å². The van der Waals surface area contributed by atoms with Crippen LogP contribution in [0.4, 0.5) is 0 Å². The lowest BCUT2D eigenvalue weighted by Gasteiger charge is -2.21. The van der Waals surface area contributed by atoms with Crippen LogP contribution in [0.2, 0.25) is 0 Å². The van der Waals surface area contributed by atoms with E-state index in [0.29, 0.717) is 25.3 Å². The molecule has 1 amide bonds. The van der Waals surface area contributed by atoms with Crippen LogP contribution in [0, 0.1) is 0 Å². The van der Waals surface area contributed by atoms with Crippen molar-refractivity contribution >= 4 is 5.91 Å². The zero-order chi connectivity index (χ0) is 16.7. The molecule has 0 saturated carbocycles. The third kappa shape index (κ3) is 4.99. The van der Waals surface area contributed by atoms with E-state index in [1.807, 2.05) is 68.4 Å². The second-order valence-corrected chi connectivity index (χ2v) is 5.58. The summed E-state index contributed by atoms with van der Waals surface area (Å²) in [4.78, 5) is 14.2. The molecule has 0 bridgehead atoms. The Morgan fingerprint density at radius 3 is 2.30 bits per heavy atom. The van der Waals surface area contributed by atoms with Crippen LogP contribution in [0.5, 0.6) is 5.75 Å². The van der Waals surface area contributed by atoms with E-state index < -0.39 is 0 Å². The Balaban J connectivity index is 1.98. The van der Waals surface area contributed by atoms with Crippen molar-refractivity contribution in [3.63, 3.8) is 0 Å². The van der Waals surface area contributed by atoms with Crippen LogP contribution in [-0.2, 0) is 6.61 Å². The van der Waals surface area contributed by atoms with Gasteiger partial charge in [0.1, 0.15) is 12.4 Å². The van der Waals surface area contributed by atoms with Crippen LogP contribution in [0.3, 0.4) is 0 Å². The quantitative estimate of drug-likeness (QED) is 0.714. The topological polar surface area (TPSA) is 29.5 Å². The highest BCUT2D eigenvalue weighted by Gasteiger charge is 2.13. The number of carbonyl (C=O) groups is 1. The zero-order valence-corrected chi connectivity index (χ0v) is 13.8. The Hall–Kier alpha value is -2.55. The lowest BCUT2D eigenvalue weighted by molar-refractivity contribution is 0.0778. The first-order chi connectivity index (χ1) is 11.1. The Morgan fingerprint density at radius 1 is 1.09 bits per heavy atom. The Bertz CT molecular complexity index is 647. The molecular weight excluding hydrogens is 286 g/mol. The molecular formula is C20H23NO2. The summed E-state index contributed by atoms with van der Waals surface area (Å²) in [6.07, 6.45) is 0. The highest BCUT2D eigenvalue weighted by atomic mass is 16.5. The summed E-state index contributed by atoms with van der Waals surface area (Å²) in [5, 5.41) is 0. The van der Waals surface area contributed by atoms with Crippen LogP contribution in [-0.4, -0.2) is 23.9 Å². The smallest absolute Gasteiger partial charge is 0.254 e. The standard InChI is InChI=1S/C20H23NO2/c1-4-21(14-16(2)3)20(22)18-10-12-19(13-11-18)23-15-17-8-6-5-7-9-17/h5-13H,2,4,14-15H2,1,3H3. The minimum absolute atomic E-state index is 0.0186. The number of ether oxygens (including phenoxy) is 1. The van der Waals surface area contributed by atoms with Gasteiger partial charge in [-0.15, -0.1) is 0 Å². The normalized spacial score (nSPS) is 10.2. The van der Waals surface area contributed by atoms with E-state index in [-0.39, 0.29) is 5.91 Å². The molecule has 2 rings (SSSR count). The predicted molar refractivity (Wildman–Crippen MR) is 93.6 cm³/mol. The average Bonchev–Trinajstić information content (AvgIpc) is 2.58. The molecule has 0 saturated heterocycles. The number of benzene rings is 2. The van der Waals surface area contributed by atoms with Gasteiger partial charge in [0.15, 0.2) is 0 Å². The number of hydrogen-bond acceptors (Lipinski definition) is 2. The van der Waals surface area contributed by atoms with Crippen LogP contribution in [0.1, 0.15) is 29.8 Å². The molecule has 3 heteroatoms. The fraction of sp³-hybridized carbons (Fsp3) is 0.250. The van der Waals surface area contributed by atoms with E-state index >= 15 is 0 Å². The number of likely N-dealkylation sites (N-methyl/N-ethyl adjacent to an activating group) is 1. The summed E-state index contributed by atoms with van der Waals surface area (Å²) < 4.78 is 5.74. The first kappa shape index (κ1) is 16.8. The highest BCUT2D eigenvalue weighted by Crippen LogP contribution is 2.16. The predicted octanol–water partition coefficient (Wildman–Crippen LogP) is 4.30. The van der Waals surface area contributed by atoms with Crippen molar-refractivity contribution in [3.8, 4) is 5.75 Å². The van der Waals surface area contributed by atoms with Gasteiger partial charge in [0, 0.05) is 18.7 Å². The van der Waals surface area contributed by atoms with Crippen LogP contribution < -0.4 is 4.74 Å². The van der Waals surface area contributed by atoms with Crippen molar-refractivity contribution < 1.29 is 9.53 Å². The van der Waals surface area contributed by atoms with Gasteiger partial charge in [0.25, 0.3) is 5.91 Å². The molecule has 120 valence electrons. The van der Waals surface area contributed by atoms with E-state index in [4.69, 9.17) is 4.74 Å². The SMILES string of the molecule is C=C(C)CN(CC)C(=O)c1ccc(OCc2ccccc2)cc1. The highest BCUT2D eigenvalue weighted by molar-refractivity contribution is 5.94. The maximum atomic E-state index is 12.4. The first-order valence-corrected chi connectivity index (χ1v) is 7.80. The molecule has 0 aromatic heterocycles. The molecule has 0 aliphatic heterocycles. The third-order valence-corrected chi connectivity index (χ3v) is 3.48. The molecule has 2 aromatic rings. The molecule has 0 aliphatic carbocycles. The summed E-state index contributed by atoms with van der Waals surface area (Å²) in [5.41, 5.74) is 2.76. The van der Waals surface area contributed by atoms with Gasteiger partial charge < -0.3 is 9.64 Å². The molecule has 3 nitrogen and oxygen atoms in total. The third-order valence-electron chi connectivity index (χ3n) is 3.48. The van der Waals surface area contributed by atoms with Gasteiger partial charge in [-0.3, -0.25) is 4.79 Å². The number of carbonyl (C=O) groups excluding carboxylic acids is 1. The van der Waals surface area contributed by atoms with E-state index in [0.717, 1.165) is 16.9 Å². The van der Waals surface area contributed by atoms with Gasteiger partial charge in [0.05, 0.1) is 0 Å². The number of amides is 1. The van der Waals surface area contributed by atoms with E-state index in [9.17, 15) is 4.79 Å². The van der Waals surface area contributed by atoms with E-state index in [1.54, 1.807) is 4.90 Å². The zero-order valence-electron chi connectivity index (χ0n) is 13.8. The fourth-order valence-electron chi connectivity index (χ4n) is 2.27. The largest absolute Gasteiger partial charge is 0.489 e. The average molecular weight is 309 g/mol. The molecule has 0 N–H and O–H groups in total. The fourth-order valence-corrected chi connectivity index (χ4v) is 2.27. The van der Waals surface area contributed by atoms with Crippen LogP contribution in [0.15, 0.2) is 66.7 Å². The minimum atomic E-state index is 0.0186. The van der Waals surface area contributed by atoms with Gasteiger partial charge in [-0.05, 0) is 43.7 Å². The summed E-state index contributed by atoms with van der Waals surface area (Å²) in [6.45, 7) is 9.54. The summed E-state index contributed by atoms with van der Waals surface area (Å²) in [6, 6.07) is 17.3. The van der Waals surface area contributed by atoms with Crippen LogP contribution >= 0.6 is 0 Å². The molecule has 0 atom stereocenters. The van der Waals surface area contributed by atoms with Gasteiger partial charge in [-0.1, -0.05) is 42.5 Å². The van der Waals surface area contributed by atoms with Gasteiger partial charge in [-0.2, -0.15) is 0 Å². The Labute approximate surface area is 138 Å². The number of hydrogen-bond donors (Lipinski definition) is 0. The summed E-state index contributed by atoms with van der Waals surface area (Å²) in [5.74, 6) is 0.776. The number of nitrogens with zero attached hydrogens (tertiary/aromatic N) is 1. The van der Waals surface area contributed by atoms with Gasteiger partial charge in [0.2, 0.25) is 0 Å². The molecule has 0 fully saturated rings. The molecule has 0 aliphatic rings. The van der Waals surface area contributed by atoms with E-state index in [2.05, 4.69) is 6.58 Å². The Morgan fingerprint density at radius 2 is 1.74 bits per heavy atom. The monoisotopic (exact) mass is 309 g/mol. The van der Waals surface area contributed by atoms with Crippen molar-refractivity contribution in [2.75, 3.05) is 13.1 Å². The minimum Gasteiger partial charge on any atom is -0.489 e. The van der Waals surface area contributed by atoms with Crippen LogP contribution in [0.25, 0.3) is 0 Å². The Kier molecular flexibility index (Phi) is 5.98. The maximum absolute atomic E-state index is 12.4. The van der Waals surface area contributed by atoms with Crippen molar-refractivity contribution in [3.05, 3.63) is 77.9 Å². The molecule has 0 radical (unpaired) electrons. The second kappa shape index (κ2) is 8.18. The second-order valence-electron chi connectivity index (χ2n) is 5.58. The van der Waals surface area contributed by atoms with Gasteiger partial charge >= 0.3 is 0 Å². The molecule has 0 spiro atoms. The van der Waals surface area contributed by atoms with Crippen molar-refractivity contribution in [1.29, 1.82) is 0 Å².